The third-order valence-electron chi connectivity index (χ3n) is 4.92. The average molecular weight is 307 g/mol. The van der Waals surface area contributed by atoms with Crippen molar-refractivity contribution in [3.63, 3.8) is 0 Å². The van der Waals surface area contributed by atoms with E-state index in [4.69, 9.17) is 0 Å². The van der Waals surface area contributed by atoms with E-state index >= 15 is 0 Å². The van der Waals surface area contributed by atoms with Crippen LogP contribution in [0.1, 0.15) is 52.9 Å². The quantitative estimate of drug-likeness (QED) is 0.644. The van der Waals surface area contributed by atoms with E-state index in [0.29, 0.717) is 6.04 Å². The number of hydrogen-bond acceptors (Lipinski definition) is 1. The van der Waals surface area contributed by atoms with Crippen LogP contribution in [-0.2, 0) is 0 Å². The molecule has 122 valence electrons. The summed E-state index contributed by atoms with van der Waals surface area (Å²) >= 11 is 0. The highest BCUT2D eigenvalue weighted by Gasteiger charge is 2.30. The minimum atomic E-state index is 0.163. The van der Waals surface area contributed by atoms with E-state index in [1.54, 1.807) is 0 Å². The van der Waals surface area contributed by atoms with Crippen LogP contribution >= 0.6 is 0 Å². The summed E-state index contributed by atoms with van der Waals surface area (Å²) in [5.41, 5.74) is 4.12. The van der Waals surface area contributed by atoms with Crippen molar-refractivity contribution in [2.45, 2.75) is 64.5 Å². The van der Waals surface area contributed by atoms with Crippen molar-refractivity contribution >= 4 is 5.69 Å². The lowest BCUT2D eigenvalue weighted by molar-refractivity contribution is 0.354. The van der Waals surface area contributed by atoms with Gasteiger partial charge in [0.1, 0.15) is 0 Å². The van der Waals surface area contributed by atoms with Crippen molar-refractivity contribution in [1.29, 1.82) is 0 Å². The SMILES string of the molecule is CC(C)(C)N(c1ccc(-c2ccccc2)cc1)C1CCCCC1. The van der Waals surface area contributed by atoms with Gasteiger partial charge in [0.2, 0.25) is 0 Å². The molecule has 0 bridgehead atoms. The number of rotatable bonds is 3. The number of nitrogens with zero attached hydrogens (tertiary/aromatic N) is 1. The van der Waals surface area contributed by atoms with Gasteiger partial charge in [-0.1, -0.05) is 61.7 Å². The summed E-state index contributed by atoms with van der Waals surface area (Å²) in [4.78, 5) is 2.65. The first kappa shape index (κ1) is 16.1. The van der Waals surface area contributed by atoms with Gasteiger partial charge in [0.15, 0.2) is 0 Å². The van der Waals surface area contributed by atoms with Crippen LogP contribution in [0.15, 0.2) is 54.6 Å². The predicted octanol–water partition coefficient (Wildman–Crippen LogP) is 6.29. The van der Waals surface area contributed by atoms with Crippen molar-refractivity contribution in [3.05, 3.63) is 54.6 Å². The Balaban J connectivity index is 1.88. The topological polar surface area (TPSA) is 3.24 Å². The molecule has 1 saturated carbocycles. The average Bonchev–Trinajstić information content (AvgIpc) is 2.56. The lowest BCUT2D eigenvalue weighted by atomic mass is 9.90. The maximum atomic E-state index is 2.65. The molecule has 0 N–H and O–H groups in total. The van der Waals surface area contributed by atoms with Crippen molar-refractivity contribution in [3.8, 4) is 11.1 Å². The summed E-state index contributed by atoms with van der Waals surface area (Å²) in [5.74, 6) is 0. The summed E-state index contributed by atoms with van der Waals surface area (Å²) in [7, 11) is 0. The summed E-state index contributed by atoms with van der Waals surface area (Å²) in [6.07, 6.45) is 6.82. The van der Waals surface area contributed by atoms with Gasteiger partial charge in [-0.05, 0) is 56.9 Å². The fourth-order valence-corrected chi connectivity index (χ4v) is 3.93. The smallest absolute Gasteiger partial charge is 0.0373 e. The molecule has 0 radical (unpaired) electrons. The molecule has 23 heavy (non-hydrogen) atoms. The molecule has 0 atom stereocenters. The van der Waals surface area contributed by atoms with Crippen LogP contribution in [0, 0.1) is 0 Å². The lowest BCUT2D eigenvalue weighted by Gasteiger charge is -2.45. The first-order valence-electron chi connectivity index (χ1n) is 9.00. The molecule has 2 aromatic carbocycles. The molecule has 1 nitrogen and oxygen atoms in total. The molecule has 0 spiro atoms. The van der Waals surface area contributed by atoms with Gasteiger partial charge in [0.05, 0.1) is 0 Å². The van der Waals surface area contributed by atoms with Gasteiger partial charge in [-0.3, -0.25) is 0 Å². The molecular formula is C22H29N. The van der Waals surface area contributed by atoms with Crippen LogP contribution in [0.4, 0.5) is 5.69 Å². The Labute approximate surface area is 141 Å². The van der Waals surface area contributed by atoms with Gasteiger partial charge >= 0.3 is 0 Å². The van der Waals surface area contributed by atoms with Gasteiger partial charge < -0.3 is 4.90 Å². The molecule has 1 aliphatic carbocycles. The summed E-state index contributed by atoms with van der Waals surface area (Å²) < 4.78 is 0. The maximum absolute atomic E-state index is 2.65. The molecule has 0 amide bonds. The largest absolute Gasteiger partial charge is 0.364 e. The van der Waals surface area contributed by atoms with E-state index in [-0.39, 0.29) is 5.54 Å². The van der Waals surface area contributed by atoms with Gasteiger partial charge in [-0.15, -0.1) is 0 Å². The molecule has 3 rings (SSSR count). The summed E-state index contributed by atoms with van der Waals surface area (Å²) in [5, 5.41) is 0. The van der Waals surface area contributed by atoms with E-state index in [9.17, 15) is 0 Å². The van der Waals surface area contributed by atoms with Gasteiger partial charge in [0, 0.05) is 17.3 Å². The fraction of sp³-hybridized carbons (Fsp3) is 0.455. The molecule has 0 aromatic heterocycles. The second-order valence-corrected chi connectivity index (χ2v) is 7.75. The Morgan fingerprint density at radius 2 is 1.30 bits per heavy atom. The molecule has 1 aliphatic rings. The Morgan fingerprint density at radius 1 is 0.739 bits per heavy atom. The predicted molar refractivity (Wildman–Crippen MR) is 101 cm³/mol. The van der Waals surface area contributed by atoms with Crippen LogP contribution in [0.25, 0.3) is 11.1 Å². The highest BCUT2D eigenvalue weighted by molar-refractivity contribution is 5.66. The zero-order valence-electron chi connectivity index (χ0n) is 14.8. The first-order valence-corrected chi connectivity index (χ1v) is 9.00. The number of anilines is 1. The van der Waals surface area contributed by atoms with Crippen LogP contribution in [0.5, 0.6) is 0 Å². The molecule has 2 aromatic rings. The number of benzene rings is 2. The van der Waals surface area contributed by atoms with E-state index in [1.165, 1.54) is 48.9 Å². The fourth-order valence-electron chi connectivity index (χ4n) is 3.93. The molecular weight excluding hydrogens is 278 g/mol. The Hall–Kier alpha value is -1.76. The zero-order valence-corrected chi connectivity index (χ0v) is 14.8. The number of hydrogen-bond donors (Lipinski definition) is 0. The van der Waals surface area contributed by atoms with Crippen molar-refractivity contribution in [2.75, 3.05) is 4.90 Å². The van der Waals surface area contributed by atoms with Crippen LogP contribution in [0.3, 0.4) is 0 Å². The lowest BCUT2D eigenvalue weighted by Crippen LogP contribution is -2.49. The molecule has 1 heteroatoms. The van der Waals surface area contributed by atoms with Crippen LogP contribution in [-0.4, -0.2) is 11.6 Å². The standard InChI is InChI=1S/C22H29N/c1-22(2,3)23(20-12-8-5-9-13-20)21-16-14-19(15-17-21)18-10-6-4-7-11-18/h4,6-7,10-11,14-17,20H,5,8-9,12-13H2,1-3H3. The van der Waals surface area contributed by atoms with Crippen molar-refractivity contribution in [1.82, 2.24) is 0 Å². The molecule has 0 unspecified atom stereocenters. The third kappa shape index (κ3) is 3.77. The molecule has 0 heterocycles. The second kappa shape index (κ2) is 6.78. The Kier molecular flexibility index (Phi) is 4.75. The van der Waals surface area contributed by atoms with Crippen LogP contribution in [0.2, 0.25) is 0 Å². The van der Waals surface area contributed by atoms with Crippen LogP contribution < -0.4 is 4.90 Å². The minimum absolute atomic E-state index is 0.163. The van der Waals surface area contributed by atoms with E-state index in [0.717, 1.165) is 0 Å². The Morgan fingerprint density at radius 3 is 1.87 bits per heavy atom. The highest BCUT2D eigenvalue weighted by Crippen LogP contribution is 2.34. The molecule has 1 fully saturated rings. The van der Waals surface area contributed by atoms with E-state index in [2.05, 4.69) is 80.3 Å². The zero-order chi connectivity index (χ0) is 16.3. The van der Waals surface area contributed by atoms with Gasteiger partial charge in [-0.25, -0.2) is 0 Å². The van der Waals surface area contributed by atoms with E-state index < -0.39 is 0 Å². The van der Waals surface area contributed by atoms with Gasteiger partial charge in [0.25, 0.3) is 0 Å². The highest BCUT2D eigenvalue weighted by atomic mass is 15.2. The van der Waals surface area contributed by atoms with Gasteiger partial charge in [-0.2, -0.15) is 0 Å². The summed E-state index contributed by atoms with van der Waals surface area (Å²) in [6, 6.07) is 20.5. The third-order valence-corrected chi connectivity index (χ3v) is 4.92. The van der Waals surface area contributed by atoms with Crippen molar-refractivity contribution < 1.29 is 0 Å². The molecule has 0 aliphatic heterocycles. The second-order valence-electron chi connectivity index (χ2n) is 7.75. The Bertz CT molecular complexity index is 601. The normalized spacial score (nSPS) is 16.3. The minimum Gasteiger partial charge on any atom is -0.364 e. The van der Waals surface area contributed by atoms with E-state index in [1.807, 2.05) is 0 Å². The maximum Gasteiger partial charge on any atom is 0.0373 e. The monoisotopic (exact) mass is 307 g/mol. The summed E-state index contributed by atoms with van der Waals surface area (Å²) in [6.45, 7) is 7.02. The van der Waals surface area contributed by atoms with Crippen molar-refractivity contribution in [2.24, 2.45) is 0 Å². The first-order chi connectivity index (χ1) is 11.1. The molecule has 0 saturated heterocycles.